The average Bonchev–Trinajstić information content (AvgIpc) is 2.51. The quantitative estimate of drug-likeness (QED) is 0.586. The maximum Gasteiger partial charge on any atom is 0.0135 e. The third-order valence-electron chi connectivity index (χ3n) is 2.96. The van der Waals surface area contributed by atoms with E-state index in [1.807, 2.05) is 13.8 Å². The SMILES string of the molecule is CC.CC1CCC2C=C(Br)C=CC12. The molecule has 0 spiro atoms. The van der Waals surface area contributed by atoms with Crippen LogP contribution in [0.25, 0.3) is 0 Å². The molecule has 2 rings (SSSR count). The van der Waals surface area contributed by atoms with Gasteiger partial charge in [-0.1, -0.05) is 54.9 Å². The molecule has 1 fully saturated rings. The van der Waals surface area contributed by atoms with Gasteiger partial charge in [0.05, 0.1) is 0 Å². The lowest BCUT2D eigenvalue weighted by molar-refractivity contribution is 0.451. The Kier molecular flexibility index (Phi) is 4.24. The second-order valence-corrected chi connectivity index (χ2v) is 4.62. The summed E-state index contributed by atoms with van der Waals surface area (Å²) in [7, 11) is 0. The highest BCUT2D eigenvalue weighted by molar-refractivity contribution is 9.11. The molecule has 0 heterocycles. The maximum atomic E-state index is 3.52. The summed E-state index contributed by atoms with van der Waals surface area (Å²) in [5, 5.41) is 0. The predicted molar refractivity (Wildman–Crippen MR) is 62.9 cm³/mol. The molecule has 1 saturated carbocycles. The van der Waals surface area contributed by atoms with Crippen molar-refractivity contribution in [2.45, 2.75) is 33.6 Å². The number of halogens is 1. The molecular weight excluding hydrogens is 224 g/mol. The molecule has 74 valence electrons. The zero-order valence-electron chi connectivity index (χ0n) is 8.76. The van der Waals surface area contributed by atoms with E-state index < -0.39 is 0 Å². The number of rotatable bonds is 0. The lowest BCUT2D eigenvalue weighted by Crippen LogP contribution is -2.10. The van der Waals surface area contributed by atoms with Gasteiger partial charge in [0.25, 0.3) is 0 Å². The molecule has 13 heavy (non-hydrogen) atoms. The largest absolute Gasteiger partial charge is 0.0795 e. The zero-order chi connectivity index (χ0) is 9.84. The number of hydrogen-bond acceptors (Lipinski definition) is 0. The smallest absolute Gasteiger partial charge is 0.0135 e. The van der Waals surface area contributed by atoms with Crippen LogP contribution >= 0.6 is 15.9 Å². The van der Waals surface area contributed by atoms with Crippen LogP contribution < -0.4 is 0 Å². The first-order chi connectivity index (χ1) is 6.27. The molecule has 1 heteroatoms. The lowest BCUT2D eigenvalue weighted by Gasteiger charge is -2.19. The molecule has 0 aromatic carbocycles. The average molecular weight is 243 g/mol. The first-order valence-electron chi connectivity index (χ1n) is 5.33. The first-order valence-corrected chi connectivity index (χ1v) is 6.12. The van der Waals surface area contributed by atoms with Crippen molar-refractivity contribution < 1.29 is 0 Å². The van der Waals surface area contributed by atoms with Gasteiger partial charge >= 0.3 is 0 Å². The summed E-state index contributed by atoms with van der Waals surface area (Å²) < 4.78 is 1.27. The van der Waals surface area contributed by atoms with Crippen LogP contribution in [-0.2, 0) is 0 Å². The second kappa shape index (κ2) is 4.99. The summed E-state index contributed by atoms with van der Waals surface area (Å²) in [6.45, 7) is 6.36. The highest BCUT2D eigenvalue weighted by Crippen LogP contribution is 2.42. The lowest BCUT2D eigenvalue weighted by atomic mass is 9.87. The molecule has 2 aliphatic rings. The fraction of sp³-hybridized carbons (Fsp3) is 0.667. The summed E-state index contributed by atoms with van der Waals surface area (Å²) in [6.07, 6.45) is 9.71. The molecule has 0 aromatic heterocycles. The Labute approximate surface area is 90.2 Å². The minimum Gasteiger partial charge on any atom is -0.0795 e. The van der Waals surface area contributed by atoms with Gasteiger partial charge in [0.15, 0.2) is 0 Å². The van der Waals surface area contributed by atoms with E-state index in [-0.39, 0.29) is 0 Å². The van der Waals surface area contributed by atoms with Gasteiger partial charge in [-0.05, 0) is 30.6 Å². The maximum absolute atomic E-state index is 3.52. The molecule has 0 amide bonds. The Hall–Kier alpha value is -0.0400. The monoisotopic (exact) mass is 242 g/mol. The minimum atomic E-state index is 0.823. The van der Waals surface area contributed by atoms with Crippen LogP contribution in [0.5, 0.6) is 0 Å². The Morgan fingerprint density at radius 2 is 2.00 bits per heavy atom. The van der Waals surface area contributed by atoms with Crippen molar-refractivity contribution in [2.24, 2.45) is 17.8 Å². The third kappa shape index (κ3) is 2.46. The van der Waals surface area contributed by atoms with Gasteiger partial charge < -0.3 is 0 Å². The van der Waals surface area contributed by atoms with Crippen molar-refractivity contribution in [3.8, 4) is 0 Å². The van der Waals surface area contributed by atoms with E-state index in [9.17, 15) is 0 Å². The molecule has 0 nitrogen and oxygen atoms in total. The van der Waals surface area contributed by atoms with Gasteiger partial charge in [0.1, 0.15) is 0 Å². The number of fused-ring (bicyclic) bond motifs is 1. The van der Waals surface area contributed by atoms with Crippen molar-refractivity contribution >= 4 is 15.9 Å². The van der Waals surface area contributed by atoms with Crippen LogP contribution in [-0.4, -0.2) is 0 Å². The van der Waals surface area contributed by atoms with Gasteiger partial charge in [-0.15, -0.1) is 0 Å². The van der Waals surface area contributed by atoms with Gasteiger partial charge in [0, 0.05) is 4.48 Å². The van der Waals surface area contributed by atoms with Crippen LogP contribution in [0.1, 0.15) is 33.6 Å². The Balaban J connectivity index is 0.000000396. The van der Waals surface area contributed by atoms with Gasteiger partial charge in [-0.2, -0.15) is 0 Å². The molecule has 0 aliphatic heterocycles. The number of allylic oxidation sites excluding steroid dienone is 4. The molecule has 2 aliphatic carbocycles. The summed E-state index contributed by atoms with van der Waals surface area (Å²) in [4.78, 5) is 0. The third-order valence-corrected chi connectivity index (χ3v) is 3.49. The van der Waals surface area contributed by atoms with Crippen molar-refractivity contribution in [1.82, 2.24) is 0 Å². The van der Waals surface area contributed by atoms with E-state index >= 15 is 0 Å². The molecule has 0 aromatic rings. The molecule has 0 bridgehead atoms. The van der Waals surface area contributed by atoms with E-state index in [0.29, 0.717) is 0 Å². The molecular formula is C12H19Br. The van der Waals surface area contributed by atoms with E-state index in [1.54, 1.807) is 0 Å². The summed E-state index contributed by atoms with van der Waals surface area (Å²) in [5.74, 6) is 2.55. The van der Waals surface area contributed by atoms with Crippen molar-refractivity contribution in [2.75, 3.05) is 0 Å². The summed E-state index contributed by atoms with van der Waals surface area (Å²) in [6, 6.07) is 0. The van der Waals surface area contributed by atoms with Crippen molar-refractivity contribution in [3.63, 3.8) is 0 Å². The normalized spacial score (nSPS) is 36.0. The van der Waals surface area contributed by atoms with E-state index in [0.717, 1.165) is 17.8 Å². The second-order valence-electron chi connectivity index (χ2n) is 3.71. The molecule has 0 radical (unpaired) electrons. The van der Waals surface area contributed by atoms with Crippen LogP contribution in [0.3, 0.4) is 0 Å². The zero-order valence-corrected chi connectivity index (χ0v) is 10.3. The van der Waals surface area contributed by atoms with Crippen molar-refractivity contribution in [1.29, 1.82) is 0 Å². The van der Waals surface area contributed by atoms with Gasteiger partial charge in [0.2, 0.25) is 0 Å². The van der Waals surface area contributed by atoms with Crippen LogP contribution in [0, 0.1) is 17.8 Å². The first kappa shape index (κ1) is 11.0. The predicted octanol–water partition coefficient (Wildman–Crippen LogP) is 4.52. The van der Waals surface area contributed by atoms with E-state index in [1.165, 1.54) is 17.3 Å². The Morgan fingerprint density at radius 1 is 1.31 bits per heavy atom. The van der Waals surface area contributed by atoms with Crippen LogP contribution in [0.15, 0.2) is 22.7 Å². The topological polar surface area (TPSA) is 0 Å². The standard InChI is InChI=1S/C10H13Br.C2H6/c1-7-2-3-8-6-9(11)4-5-10(7)8;1-2/h4-8,10H,2-3H2,1H3;1-2H3. The highest BCUT2D eigenvalue weighted by Gasteiger charge is 2.31. The van der Waals surface area contributed by atoms with Crippen LogP contribution in [0.4, 0.5) is 0 Å². The fourth-order valence-corrected chi connectivity index (χ4v) is 2.74. The van der Waals surface area contributed by atoms with Gasteiger partial charge in [-0.3, -0.25) is 0 Å². The summed E-state index contributed by atoms with van der Waals surface area (Å²) in [5.41, 5.74) is 0. The molecule has 0 saturated heterocycles. The van der Waals surface area contributed by atoms with E-state index in [4.69, 9.17) is 0 Å². The molecule has 3 atom stereocenters. The van der Waals surface area contributed by atoms with Crippen molar-refractivity contribution in [3.05, 3.63) is 22.7 Å². The van der Waals surface area contributed by atoms with Crippen LogP contribution in [0.2, 0.25) is 0 Å². The Bertz CT molecular complexity index is 215. The molecule has 0 N–H and O–H groups in total. The highest BCUT2D eigenvalue weighted by atomic mass is 79.9. The molecule has 3 unspecified atom stereocenters. The van der Waals surface area contributed by atoms with E-state index in [2.05, 4.69) is 41.1 Å². The minimum absolute atomic E-state index is 0.823. The Morgan fingerprint density at radius 3 is 2.69 bits per heavy atom. The fourth-order valence-electron chi connectivity index (χ4n) is 2.25. The number of hydrogen-bond donors (Lipinski definition) is 0. The van der Waals surface area contributed by atoms with Gasteiger partial charge in [-0.25, -0.2) is 0 Å². The summed E-state index contributed by atoms with van der Waals surface area (Å²) >= 11 is 3.52.